The summed E-state index contributed by atoms with van der Waals surface area (Å²) in [5.41, 5.74) is 1.59. The van der Waals surface area contributed by atoms with Crippen molar-refractivity contribution in [2.24, 2.45) is 10.9 Å². The maximum atomic E-state index is 12.7. The smallest absolute Gasteiger partial charge is 0.251 e. The van der Waals surface area contributed by atoms with E-state index in [-0.39, 0.29) is 11.0 Å². The molecule has 6 nitrogen and oxygen atoms in total. The summed E-state index contributed by atoms with van der Waals surface area (Å²) in [5.74, 6) is -1.74. The number of aliphatic imine (C=N–C) groups is 1. The third-order valence-electron chi connectivity index (χ3n) is 3.55. The minimum Gasteiger partial charge on any atom is -0.338 e. The standard InChI is InChI=1S/C16H20N4O2S/c1-11-6-4-5-7-13(11)20-15(22)12(14(21)18-16(20)23)10-17-8-9-19(2)3/h4-7,10,12H,8-9H2,1-3H3,(H,18,21,23)/p+1/t12-/m1/s1. The van der Waals surface area contributed by atoms with E-state index < -0.39 is 11.8 Å². The van der Waals surface area contributed by atoms with Gasteiger partial charge in [0.05, 0.1) is 32.9 Å². The van der Waals surface area contributed by atoms with Gasteiger partial charge in [0, 0.05) is 6.21 Å². The van der Waals surface area contributed by atoms with Crippen molar-refractivity contribution in [2.45, 2.75) is 6.92 Å². The van der Waals surface area contributed by atoms with Gasteiger partial charge in [0.2, 0.25) is 5.91 Å². The number of para-hydroxylation sites is 1. The van der Waals surface area contributed by atoms with E-state index in [9.17, 15) is 9.59 Å². The number of nitrogens with one attached hydrogen (secondary N) is 2. The molecule has 2 N–H and O–H groups in total. The molecule has 0 bridgehead atoms. The van der Waals surface area contributed by atoms with E-state index in [0.29, 0.717) is 12.2 Å². The first-order valence-corrected chi connectivity index (χ1v) is 7.86. The van der Waals surface area contributed by atoms with Gasteiger partial charge in [0.15, 0.2) is 11.0 Å². The molecule has 0 aromatic heterocycles. The largest absolute Gasteiger partial charge is 0.338 e. The van der Waals surface area contributed by atoms with Crippen LogP contribution in [0.3, 0.4) is 0 Å². The summed E-state index contributed by atoms with van der Waals surface area (Å²) in [6.45, 7) is 3.29. The number of carbonyl (C=O) groups is 2. The predicted octanol–water partition coefficient (Wildman–Crippen LogP) is -0.426. The number of benzene rings is 1. The first kappa shape index (κ1) is 17.2. The molecule has 0 saturated carbocycles. The fourth-order valence-corrected chi connectivity index (χ4v) is 2.52. The Morgan fingerprint density at radius 3 is 2.70 bits per heavy atom. The van der Waals surface area contributed by atoms with Crippen LogP contribution in [0, 0.1) is 12.8 Å². The van der Waals surface area contributed by atoms with Crippen molar-refractivity contribution in [3.05, 3.63) is 29.8 Å². The highest BCUT2D eigenvalue weighted by atomic mass is 32.1. The molecular formula is C16H21N4O2S+. The van der Waals surface area contributed by atoms with Crippen LogP contribution in [0.25, 0.3) is 0 Å². The molecule has 1 heterocycles. The Morgan fingerprint density at radius 2 is 2.04 bits per heavy atom. The number of thiocarbonyl (C=S) groups is 1. The Hall–Kier alpha value is -2.12. The highest BCUT2D eigenvalue weighted by Gasteiger charge is 2.38. The van der Waals surface area contributed by atoms with Crippen molar-refractivity contribution in [1.29, 1.82) is 0 Å². The molecule has 1 aliphatic heterocycles. The van der Waals surface area contributed by atoms with Crippen molar-refractivity contribution in [1.82, 2.24) is 5.32 Å². The zero-order valence-corrected chi connectivity index (χ0v) is 14.3. The van der Waals surface area contributed by atoms with Crippen LogP contribution in [0.4, 0.5) is 5.69 Å². The van der Waals surface area contributed by atoms with E-state index >= 15 is 0 Å². The minimum atomic E-state index is -0.946. The topological polar surface area (TPSA) is 66.2 Å². The number of amides is 2. The van der Waals surface area contributed by atoms with Gasteiger partial charge in [-0.2, -0.15) is 0 Å². The first-order chi connectivity index (χ1) is 10.9. The molecule has 0 aliphatic carbocycles. The van der Waals surface area contributed by atoms with Crippen molar-refractivity contribution in [3.8, 4) is 0 Å². The summed E-state index contributed by atoms with van der Waals surface area (Å²) in [4.78, 5) is 31.6. The maximum Gasteiger partial charge on any atom is 0.251 e. The monoisotopic (exact) mass is 333 g/mol. The predicted molar refractivity (Wildman–Crippen MR) is 93.9 cm³/mol. The first-order valence-electron chi connectivity index (χ1n) is 7.45. The SMILES string of the molecule is Cc1ccccc1N1C(=O)[C@H](C=NCC[NH+](C)C)C(=O)NC1=S. The molecule has 7 heteroatoms. The second-order valence-electron chi connectivity index (χ2n) is 5.74. The summed E-state index contributed by atoms with van der Waals surface area (Å²) in [5, 5.41) is 2.69. The van der Waals surface area contributed by atoms with Gasteiger partial charge in [-0.15, -0.1) is 0 Å². The number of rotatable bonds is 5. The molecular weight excluding hydrogens is 312 g/mol. The summed E-state index contributed by atoms with van der Waals surface area (Å²) in [6.07, 6.45) is 1.42. The fraction of sp³-hybridized carbons (Fsp3) is 0.375. The molecule has 2 amide bonds. The van der Waals surface area contributed by atoms with Gasteiger partial charge in [-0.1, -0.05) is 18.2 Å². The lowest BCUT2D eigenvalue weighted by molar-refractivity contribution is -0.856. The van der Waals surface area contributed by atoms with E-state index in [2.05, 4.69) is 10.3 Å². The lowest BCUT2D eigenvalue weighted by Gasteiger charge is -2.31. The third kappa shape index (κ3) is 4.00. The van der Waals surface area contributed by atoms with Crippen LogP contribution >= 0.6 is 12.2 Å². The molecule has 1 atom stereocenters. The number of nitrogens with zero attached hydrogens (tertiary/aromatic N) is 2. The van der Waals surface area contributed by atoms with Gasteiger partial charge >= 0.3 is 0 Å². The van der Waals surface area contributed by atoms with E-state index in [1.807, 2.05) is 39.2 Å². The molecule has 1 aromatic rings. The summed E-state index contributed by atoms with van der Waals surface area (Å²) in [6, 6.07) is 7.42. The molecule has 0 radical (unpaired) electrons. The van der Waals surface area contributed by atoms with Gasteiger partial charge in [-0.25, -0.2) is 0 Å². The molecule has 2 rings (SSSR count). The van der Waals surface area contributed by atoms with Crippen LogP contribution < -0.4 is 15.1 Å². The Labute approximate surface area is 141 Å². The lowest BCUT2D eigenvalue weighted by atomic mass is 10.0. The number of carbonyl (C=O) groups excluding carboxylic acids is 2. The molecule has 0 unspecified atom stereocenters. The van der Waals surface area contributed by atoms with Crippen molar-refractivity contribution in [2.75, 3.05) is 32.1 Å². The maximum absolute atomic E-state index is 12.7. The van der Waals surface area contributed by atoms with E-state index in [0.717, 1.165) is 12.1 Å². The molecule has 122 valence electrons. The van der Waals surface area contributed by atoms with Crippen LogP contribution in [0.2, 0.25) is 0 Å². The molecule has 23 heavy (non-hydrogen) atoms. The van der Waals surface area contributed by atoms with Crippen LogP contribution in [-0.4, -0.2) is 50.3 Å². The lowest BCUT2D eigenvalue weighted by Crippen LogP contribution is -3.06. The number of aryl methyl sites for hydroxylation is 1. The highest BCUT2D eigenvalue weighted by Crippen LogP contribution is 2.23. The number of hydrogen-bond acceptors (Lipinski definition) is 4. The number of likely N-dealkylation sites (N-methyl/N-ethyl adjacent to an activating group) is 1. The third-order valence-corrected chi connectivity index (χ3v) is 3.84. The molecule has 1 aliphatic rings. The van der Waals surface area contributed by atoms with Crippen LogP contribution in [0.1, 0.15) is 5.56 Å². The number of quaternary nitrogens is 1. The van der Waals surface area contributed by atoms with Gasteiger partial charge in [-0.3, -0.25) is 19.5 Å². The van der Waals surface area contributed by atoms with Crippen molar-refractivity contribution < 1.29 is 14.5 Å². The minimum absolute atomic E-state index is 0.108. The molecule has 1 fully saturated rings. The summed E-state index contributed by atoms with van der Waals surface area (Å²) in [7, 11) is 4.04. The summed E-state index contributed by atoms with van der Waals surface area (Å²) >= 11 is 5.17. The van der Waals surface area contributed by atoms with Crippen molar-refractivity contribution in [3.63, 3.8) is 0 Å². The normalized spacial score (nSPS) is 18.9. The Morgan fingerprint density at radius 1 is 1.35 bits per heavy atom. The molecule has 1 saturated heterocycles. The van der Waals surface area contributed by atoms with Crippen LogP contribution in [0.15, 0.2) is 29.3 Å². The Balaban J connectivity index is 2.22. The highest BCUT2D eigenvalue weighted by molar-refractivity contribution is 7.80. The van der Waals surface area contributed by atoms with E-state index in [4.69, 9.17) is 12.2 Å². The average molecular weight is 333 g/mol. The number of anilines is 1. The Bertz CT molecular complexity index is 657. The second kappa shape index (κ2) is 7.43. The van der Waals surface area contributed by atoms with Crippen LogP contribution in [-0.2, 0) is 9.59 Å². The average Bonchev–Trinajstić information content (AvgIpc) is 2.47. The van der Waals surface area contributed by atoms with Crippen molar-refractivity contribution >= 4 is 41.0 Å². The zero-order chi connectivity index (χ0) is 17.0. The zero-order valence-electron chi connectivity index (χ0n) is 13.5. The fourth-order valence-electron chi connectivity index (χ4n) is 2.23. The van der Waals surface area contributed by atoms with Gasteiger partial charge < -0.3 is 10.2 Å². The molecule has 1 aromatic carbocycles. The second-order valence-corrected chi connectivity index (χ2v) is 6.13. The van der Waals surface area contributed by atoms with E-state index in [1.54, 1.807) is 6.07 Å². The van der Waals surface area contributed by atoms with E-state index in [1.165, 1.54) is 16.0 Å². The quantitative estimate of drug-likeness (QED) is 0.437. The Kier molecular flexibility index (Phi) is 5.57. The van der Waals surface area contributed by atoms with Crippen LogP contribution in [0.5, 0.6) is 0 Å². The van der Waals surface area contributed by atoms with Gasteiger partial charge in [-0.05, 0) is 30.8 Å². The molecule has 0 spiro atoms. The summed E-state index contributed by atoms with van der Waals surface area (Å²) < 4.78 is 0. The van der Waals surface area contributed by atoms with Gasteiger partial charge in [0.25, 0.3) is 5.91 Å². The number of hydrogen-bond donors (Lipinski definition) is 2. The van der Waals surface area contributed by atoms with Gasteiger partial charge in [0.1, 0.15) is 0 Å².